The van der Waals surface area contributed by atoms with Gasteiger partial charge in [-0.1, -0.05) is 30.8 Å². The van der Waals surface area contributed by atoms with Crippen LogP contribution in [0.5, 0.6) is 0 Å². The van der Waals surface area contributed by atoms with E-state index in [2.05, 4.69) is 15.5 Å². The number of hydrogen-bond acceptors (Lipinski definition) is 4. The summed E-state index contributed by atoms with van der Waals surface area (Å²) in [6.07, 6.45) is 9.59. The van der Waals surface area contributed by atoms with E-state index >= 15 is 0 Å². The minimum atomic E-state index is 0.0521. The number of nitrogens with two attached hydrogens (primary N) is 1. The fraction of sp³-hybridized carbons (Fsp3) is 0.571. The van der Waals surface area contributed by atoms with Gasteiger partial charge in [0, 0.05) is 18.8 Å². The highest BCUT2D eigenvalue weighted by molar-refractivity contribution is 5.95. The largest absolute Gasteiger partial charge is 0.409 e. The molecule has 0 aliphatic heterocycles. The number of amidine groups is 1. The van der Waals surface area contributed by atoms with Crippen molar-refractivity contribution >= 4 is 5.84 Å². The monoisotopic (exact) mass is 262 g/mol. The highest BCUT2D eigenvalue weighted by Crippen LogP contribution is 2.17. The Morgan fingerprint density at radius 2 is 2.11 bits per heavy atom. The summed E-state index contributed by atoms with van der Waals surface area (Å²) >= 11 is 0. The van der Waals surface area contributed by atoms with Crippen molar-refractivity contribution in [1.82, 2.24) is 10.3 Å². The average Bonchev–Trinajstić information content (AvgIpc) is 2.73. The zero-order chi connectivity index (χ0) is 13.5. The molecule has 0 saturated heterocycles. The van der Waals surface area contributed by atoms with Crippen LogP contribution in [0.15, 0.2) is 23.5 Å². The van der Waals surface area contributed by atoms with E-state index in [1.807, 2.05) is 12.1 Å². The van der Waals surface area contributed by atoms with Gasteiger partial charge in [0.25, 0.3) is 0 Å². The zero-order valence-corrected chi connectivity index (χ0v) is 11.2. The molecule has 5 heteroatoms. The number of oxime groups is 1. The van der Waals surface area contributed by atoms with Crippen LogP contribution in [-0.4, -0.2) is 22.1 Å². The van der Waals surface area contributed by atoms with Gasteiger partial charge >= 0.3 is 0 Å². The molecule has 5 nitrogen and oxygen atoms in total. The molecule has 1 aromatic heterocycles. The quantitative estimate of drug-likeness (QED) is 0.255. The number of hydrogen-bond donors (Lipinski definition) is 3. The van der Waals surface area contributed by atoms with Crippen molar-refractivity contribution in [2.24, 2.45) is 10.9 Å². The SMILES string of the molecule is NC(=NO)c1cc(CNC2CCCCCC2)ccn1. The van der Waals surface area contributed by atoms with E-state index in [9.17, 15) is 0 Å². The molecule has 0 atom stereocenters. The fourth-order valence-corrected chi connectivity index (χ4v) is 2.52. The van der Waals surface area contributed by atoms with E-state index in [1.54, 1.807) is 6.20 Å². The summed E-state index contributed by atoms with van der Waals surface area (Å²) in [6, 6.07) is 4.43. The summed E-state index contributed by atoms with van der Waals surface area (Å²) in [5.41, 5.74) is 7.17. The van der Waals surface area contributed by atoms with Crippen molar-refractivity contribution in [2.75, 3.05) is 0 Å². The third-order valence-corrected chi connectivity index (χ3v) is 3.64. The maximum atomic E-state index is 8.65. The highest BCUT2D eigenvalue weighted by atomic mass is 16.4. The summed E-state index contributed by atoms with van der Waals surface area (Å²) in [5, 5.41) is 15.2. The second-order valence-corrected chi connectivity index (χ2v) is 5.10. The van der Waals surface area contributed by atoms with E-state index in [1.165, 1.54) is 38.5 Å². The Hall–Kier alpha value is -1.62. The van der Waals surface area contributed by atoms with Gasteiger partial charge in [0.2, 0.25) is 0 Å². The molecule has 0 unspecified atom stereocenters. The lowest BCUT2D eigenvalue weighted by atomic mass is 10.1. The van der Waals surface area contributed by atoms with Gasteiger partial charge in [0.05, 0.1) is 0 Å². The summed E-state index contributed by atoms with van der Waals surface area (Å²) in [7, 11) is 0. The number of rotatable bonds is 4. The van der Waals surface area contributed by atoms with Crippen LogP contribution in [0.4, 0.5) is 0 Å². The lowest BCUT2D eigenvalue weighted by Crippen LogP contribution is -2.28. The Bertz CT molecular complexity index is 425. The topological polar surface area (TPSA) is 83.5 Å². The molecule has 0 bridgehead atoms. The van der Waals surface area contributed by atoms with Gasteiger partial charge in [-0.05, 0) is 30.5 Å². The lowest BCUT2D eigenvalue weighted by Gasteiger charge is -2.16. The summed E-state index contributed by atoms with van der Waals surface area (Å²) in [6.45, 7) is 0.804. The first-order valence-corrected chi connectivity index (χ1v) is 6.96. The number of pyridine rings is 1. The molecule has 1 aliphatic carbocycles. The first-order valence-electron chi connectivity index (χ1n) is 6.96. The van der Waals surface area contributed by atoms with Crippen molar-refractivity contribution in [3.8, 4) is 0 Å². The second-order valence-electron chi connectivity index (χ2n) is 5.10. The van der Waals surface area contributed by atoms with Crippen LogP contribution in [0.25, 0.3) is 0 Å². The minimum Gasteiger partial charge on any atom is -0.409 e. The van der Waals surface area contributed by atoms with Crippen LogP contribution in [0.3, 0.4) is 0 Å². The van der Waals surface area contributed by atoms with Crippen LogP contribution in [-0.2, 0) is 6.54 Å². The fourth-order valence-electron chi connectivity index (χ4n) is 2.52. The second kappa shape index (κ2) is 7.09. The van der Waals surface area contributed by atoms with Gasteiger partial charge in [-0.25, -0.2) is 0 Å². The zero-order valence-electron chi connectivity index (χ0n) is 11.2. The molecule has 1 aliphatic rings. The molecular formula is C14H22N4O. The normalized spacial score (nSPS) is 18.2. The lowest BCUT2D eigenvalue weighted by molar-refractivity contribution is 0.318. The third kappa shape index (κ3) is 4.21. The van der Waals surface area contributed by atoms with Crippen molar-refractivity contribution in [1.29, 1.82) is 0 Å². The van der Waals surface area contributed by atoms with Gasteiger partial charge < -0.3 is 16.3 Å². The van der Waals surface area contributed by atoms with Crippen LogP contribution >= 0.6 is 0 Å². The van der Waals surface area contributed by atoms with Crippen LogP contribution < -0.4 is 11.1 Å². The summed E-state index contributed by atoms with van der Waals surface area (Å²) in [4.78, 5) is 4.08. The van der Waals surface area contributed by atoms with E-state index in [0.29, 0.717) is 11.7 Å². The summed E-state index contributed by atoms with van der Waals surface area (Å²) in [5.74, 6) is 0.0521. The Balaban J connectivity index is 1.91. The number of nitrogens with one attached hydrogen (secondary N) is 1. The van der Waals surface area contributed by atoms with Crippen LogP contribution in [0.2, 0.25) is 0 Å². The van der Waals surface area contributed by atoms with Gasteiger partial charge in [-0.3, -0.25) is 4.98 Å². The molecule has 104 valence electrons. The van der Waals surface area contributed by atoms with E-state index in [0.717, 1.165) is 12.1 Å². The first kappa shape index (κ1) is 13.8. The third-order valence-electron chi connectivity index (χ3n) is 3.64. The van der Waals surface area contributed by atoms with E-state index in [-0.39, 0.29) is 5.84 Å². The molecule has 0 aromatic carbocycles. The molecule has 1 saturated carbocycles. The van der Waals surface area contributed by atoms with Gasteiger partial charge in [0.15, 0.2) is 5.84 Å². The molecule has 19 heavy (non-hydrogen) atoms. The highest BCUT2D eigenvalue weighted by Gasteiger charge is 2.11. The predicted octanol–water partition coefficient (Wildman–Crippen LogP) is 1.99. The van der Waals surface area contributed by atoms with E-state index in [4.69, 9.17) is 10.9 Å². The molecule has 0 spiro atoms. The molecule has 1 fully saturated rings. The number of aromatic nitrogens is 1. The van der Waals surface area contributed by atoms with Crippen LogP contribution in [0, 0.1) is 0 Å². The van der Waals surface area contributed by atoms with Crippen molar-refractivity contribution in [3.05, 3.63) is 29.6 Å². The Morgan fingerprint density at radius 3 is 2.79 bits per heavy atom. The van der Waals surface area contributed by atoms with E-state index < -0.39 is 0 Å². The molecule has 4 N–H and O–H groups in total. The van der Waals surface area contributed by atoms with Gasteiger partial charge in [-0.2, -0.15) is 0 Å². The standard InChI is InChI=1S/C14H22N4O/c15-14(18-19)13-9-11(7-8-16-13)10-17-12-5-3-1-2-4-6-12/h7-9,12,17,19H,1-6,10H2,(H2,15,18). The molecule has 0 radical (unpaired) electrons. The maximum Gasteiger partial charge on any atom is 0.188 e. The smallest absolute Gasteiger partial charge is 0.188 e. The minimum absolute atomic E-state index is 0.0521. The molecular weight excluding hydrogens is 240 g/mol. The molecule has 2 rings (SSSR count). The Labute approximate surface area is 113 Å². The van der Waals surface area contributed by atoms with Gasteiger partial charge in [0.1, 0.15) is 5.69 Å². The van der Waals surface area contributed by atoms with Crippen LogP contribution in [0.1, 0.15) is 49.8 Å². The predicted molar refractivity (Wildman–Crippen MR) is 75.1 cm³/mol. The van der Waals surface area contributed by atoms with Gasteiger partial charge in [-0.15, -0.1) is 0 Å². The molecule has 1 heterocycles. The molecule has 1 aromatic rings. The summed E-state index contributed by atoms with van der Waals surface area (Å²) < 4.78 is 0. The Morgan fingerprint density at radius 1 is 1.37 bits per heavy atom. The van der Waals surface area contributed by atoms with Crippen molar-refractivity contribution in [3.63, 3.8) is 0 Å². The Kier molecular flexibility index (Phi) is 5.15. The average molecular weight is 262 g/mol. The maximum absolute atomic E-state index is 8.65. The molecule has 0 amide bonds. The van der Waals surface area contributed by atoms with Crippen molar-refractivity contribution < 1.29 is 5.21 Å². The first-order chi connectivity index (χ1) is 9.29. The number of nitrogens with zero attached hydrogens (tertiary/aromatic N) is 2. The van der Waals surface area contributed by atoms with Crippen molar-refractivity contribution in [2.45, 2.75) is 51.1 Å².